The smallest absolute Gasteiger partial charge is 0.409 e. The van der Waals surface area contributed by atoms with Crippen molar-refractivity contribution in [1.82, 2.24) is 4.57 Å². The number of hydrogen-bond acceptors (Lipinski definition) is 2. The number of nitrogens with one attached hydrogen (secondary N) is 1. The summed E-state index contributed by atoms with van der Waals surface area (Å²) in [6.45, 7) is -2.93. The molecule has 0 radical (unpaired) electrons. The maximum atomic E-state index is 12.0. The number of pyridine rings is 1. The van der Waals surface area contributed by atoms with Crippen molar-refractivity contribution in [3.05, 3.63) is 28.7 Å². The molecule has 5 nitrogen and oxygen atoms in total. The van der Waals surface area contributed by atoms with Crippen LogP contribution < -0.4 is 10.9 Å². The van der Waals surface area contributed by atoms with Crippen LogP contribution in [-0.2, 0) is 0 Å². The zero-order valence-corrected chi connectivity index (χ0v) is 6.78. The third kappa shape index (κ3) is 2.28. The number of aromatic nitrogens is 1. The van der Waals surface area contributed by atoms with Gasteiger partial charge in [-0.15, -0.1) is 0 Å². The monoisotopic (exact) mass is 204 g/mol. The zero-order chi connectivity index (χ0) is 10.7. The van der Waals surface area contributed by atoms with Crippen LogP contribution in [0.3, 0.4) is 0 Å². The third-order valence-corrected chi connectivity index (χ3v) is 1.41. The van der Waals surface area contributed by atoms with Gasteiger partial charge in [0, 0.05) is 12.3 Å². The molecule has 1 heterocycles. The van der Waals surface area contributed by atoms with E-state index in [9.17, 15) is 18.4 Å². The van der Waals surface area contributed by atoms with Crippen LogP contribution in [0, 0.1) is 0 Å². The van der Waals surface area contributed by atoms with Gasteiger partial charge in [-0.2, -0.15) is 8.78 Å². The van der Waals surface area contributed by atoms with Crippen molar-refractivity contribution in [3.63, 3.8) is 0 Å². The number of alkyl halides is 2. The Labute approximate surface area is 76.6 Å². The number of hydrogen-bond donors (Lipinski definition) is 2. The molecule has 0 saturated carbocycles. The lowest BCUT2D eigenvalue weighted by Gasteiger charge is -2.04. The fourth-order valence-electron chi connectivity index (χ4n) is 0.852. The molecule has 76 valence electrons. The van der Waals surface area contributed by atoms with Crippen LogP contribution in [0.25, 0.3) is 0 Å². The molecule has 0 spiro atoms. The van der Waals surface area contributed by atoms with Gasteiger partial charge in [-0.05, 0) is 6.07 Å². The molecule has 0 bridgehead atoms. The second kappa shape index (κ2) is 3.86. The zero-order valence-electron chi connectivity index (χ0n) is 6.78. The van der Waals surface area contributed by atoms with E-state index < -0.39 is 18.2 Å². The lowest BCUT2D eigenvalue weighted by Crippen LogP contribution is -2.20. The van der Waals surface area contributed by atoms with Crippen LogP contribution in [0.15, 0.2) is 23.1 Å². The third-order valence-electron chi connectivity index (χ3n) is 1.41. The van der Waals surface area contributed by atoms with Crippen LogP contribution >= 0.6 is 0 Å². The van der Waals surface area contributed by atoms with Gasteiger partial charge >= 0.3 is 12.6 Å². The molecule has 2 N–H and O–H groups in total. The van der Waals surface area contributed by atoms with E-state index in [2.05, 4.69) is 0 Å². The number of carboxylic acid groups (broad SMARTS) is 1. The highest BCUT2D eigenvalue weighted by atomic mass is 19.3. The van der Waals surface area contributed by atoms with E-state index in [0.717, 1.165) is 18.3 Å². The summed E-state index contributed by atoms with van der Waals surface area (Å²) in [5.74, 6) is 0. The maximum Gasteiger partial charge on any atom is 0.409 e. The molecule has 0 aliphatic heterocycles. The maximum absolute atomic E-state index is 12.0. The first-order chi connectivity index (χ1) is 6.50. The molecule has 0 atom stereocenters. The lowest BCUT2D eigenvalue weighted by atomic mass is 10.4. The molecule has 0 aliphatic carbocycles. The summed E-state index contributed by atoms with van der Waals surface area (Å²) in [6.07, 6.45) is -0.544. The first-order valence-corrected chi connectivity index (χ1v) is 3.51. The van der Waals surface area contributed by atoms with Gasteiger partial charge in [-0.25, -0.2) is 4.79 Å². The van der Waals surface area contributed by atoms with Gasteiger partial charge in [-0.3, -0.25) is 14.7 Å². The van der Waals surface area contributed by atoms with Crippen molar-refractivity contribution in [2.75, 3.05) is 5.32 Å². The second-order valence-electron chi connectivity index (χ2n) is 2.37. The summed E-state index contributed by atoms with van der Waals surface area (Å²) in [5, 5.41) is 10.1. The van der Waals surface area contributed by atoms with Gasteiger partial charge in [0.25, 0.3) is 5.56 Å². The van der Waals surface area contributed by atoms with Crippen molar-refractivity contribution in [1.29, 1.82) is 0 Å². The van der Waals surface area contributed by atoms with Gasteiger partial charge in [0.15, 0.2) is 0 Å². The van der Waals surface area contributed by atoms with E-state index in [1.165, 1.54) is 0 Å². The summed E-state index contributed by atoms with van der Waals surface area (Å²) in [6, 6.07) is 1.85. The number of amides is 1. The summed E-state index contributed by atoms with van der Waals surface area (Å²) in [7, 11) is 0. The highest BCUT2D eigenvalue weighted by molar-refractivity contribution is 5.82. The normalized spacial score (nSPS) is 10.2. The van der Waals surface area contributed by atoms with Crippen molar-refractivity contribution in [2.24, 2.45) is 0 Å². The number of halogens is 2. The molecular formula is C7H6F2N2O3. The van der Waals surface area contributed by atoms with Crippen LogP contribution in [0.2, 0.25) is 0 Å². The van der Waals surface area contributed by atoms with Crippen molar-refractivity contribution < 1.29 is 18.7 Å². The summed E-state index contributed by atoms with van der Waals surface area (Å²) >= 11 is 0. The van der Waals surface area contributed by atoms with E-state index in [0.29, 0.717) is 0 Å². The number of anilines is 1. The minimum atomic E-state index is -2.93. The predicted octanol–water partition coefficient (Wildman–Crippen LogP) is 1.33. The Hall–Kier alpha value is -1.92. The van der Waals surface area contributed by atoms with Crippen LogP contribution in [-0.4, -0.2) is 15.8 Å². The average Bonchev–Trinajstić information content (AvgIpc) is 2.01. The molecule has 0 fully saturated rings. The molecule has 0 unspecified atom stereocenters. The van der Waals surface area contributed by atoms with E-state index in [4.69, 9.17) is 5.11 Å². The van der Waals surface area contributed by atoms with E-state index in [1.54, 1.807) is 0 Å². The van der Waals surface area contributed by atoms with Gasteiger partial charge in [0.05, 0.1) is 5.69 Å². The Morgan fingerprint density at radius 2 is 2.21 bits per heavy atom. The molecule has 0 aromatic carbocycles. The van der Waals surface area contributed by atoms with Gasteiger partial charge in [0.2, 0.25) is 0 Å². The minimum absolute atomic E-state index is 0.0422. The number of carbonyl (C=O) groups is 1. The van der Waals surface area contributed by atoms with Crippen LogP contribution in [0.5, 0.6) is 0 Å². The standard InChI is InChI=1S/C7H6F2N2O3/c8-6(9)11-2-1-4(3-5(11)12)10-7(13)14/h1-3,6,10H,(H,13,14). The average molecular weight is 204 g/mol. The first-order valence-electron chi connectivity index (χ1n) is 3.51. The molecule has 0 saturated heterocycles. The minimum Gasteiger partial charge on any atom is -0.465 e. The highest BCUT2D eigenvalue weighted by Crippen LogP contribution is 2.08. The Kier molecular flexibility index (Phi) is 2.80. The Balaban J connectivity index is 3.01. The molecule has 0 aliphatic rings. The number of rotatable bonds is 2. The topological polar surface area (TPSA) is 71.3 Å². The van der Waals surface area contributed by atoms with Crippen molar-refractivity contribution >= 4 is 11.8 Å². The van der Waals surface area contributed by atoms with Crippen molar-refractivity contribution in [3.8, 4) is 0 Å². The van der Waals surface area contributed by atoms with E-state index in [-0.39, 0.29) is 10.3 Å². The SMILES string of the molecule is O=C(O)Nc1ccn(C(F)F)c(=O)c1. The van der Waals surface area contributed by atoms with E-state index in [1.807, 2.05) is 5.32 Å². The molecule has 1 amide bonds. The fraction of sp³-hybridized carbons (Fsp3) is 0.143. The van der Waals surface area contributed by atoms with Crippen LogP contribution in [0.4, 0.5) is 19.3 Å². The number of nitrogens with zero attached hydrogens (tertiary/aromatic N) is 1. The largest absolute Gasteiger partial charge is 0.465 e. The van der Waals surface area contributed by atoms with Crippen molar-refractivity contribution in [2.45, 2.75) is 6.55 Å². The molecule has 14 heavy (non-hydrogen) atoms. The Bertz CT molecular complexity index is 402. The van der Waals surface area contributed by atoms with Gasteiger partial charge < -0.3 is 5.11 Å². The van der Waals surface area contributed by atoms with Gasteiger partial charge in [-0.1, -0.05) is 0 Å². The Morgan fingerprint density at radius 3 is 2.64 bits per heavy atom. The fourth-order valence-corrected chi connectivity index (χ4v) is 0.852. The lowest BCUT2D eigenvalue weighted by molar-refractivity contribution is 0.0664. The first kappa shape index (κ1) is 10.2. The molecule has 1 aromatic heterocycles. The quantitative estimate of drug-likeness (QED) is 0.763. The molecular weight excluding hydrogens is 198 g/mol. The summed E-state index contributed by atoms with van der Waals surface area (Å²) in [4.78, 5) is 21.0. The van der Waals surface area contributed by atoms with Gasteiger partial charge in [0.1, 0.15) is 0 Å². The van der Waals surface area contributed by atoms with Crippen LogP contribution in [0.1, 0.15) is 6.55 Å². The highest BCUT2D eigenvalue weighted by Gasteiger charge is 2.08. The Morgan fingerprint density at radius 1 is 1.57 bits per heavy atom. The predicted molar refractivity (Wildman–Crippen MR) is 43.6 cm³/mol. The second-order valence-corrected chi connectivity index (χ2v) is 2.37. The molecule has 1 aromatic rings. The summed E-state index contributed by atoms with van der Waals surface area (Å²) in [5.41, 5.74) is -1.01. The molecule has 1 rings (SSSR count). The van der Waals surface area contributed by atoms with E-state index >= 15 is 0 Å². The summed E-state index contributed by atoms with van der Waals surface area (Å²) < 4.78 is 24.3. The molecule has 7 heteroatoms.